The topological polar surface area (TPSA) is 61.3 Å². The van der Waals surface area contributed by atoms with Gasteiger partial charge in [-0.3, -0.25) is 0 Å². The Balaban J connectivity index is 0.00000208. The van der Waals surface area contributed by atoms with E-state index in [0.29, 0.717) is 18.7 Å². The number of aliphatic hydroxyl groups is 1. The first-order chi connectivity index (χ1) is 11.2. The monoisotopic (exact) mass is 352 g/mol. The van der Waals surface area contributed by atoms with Gasteiger partial charge >= 0.3 is 0 Å². The number of anilines is 1. The predicted molar refractivity (Wildman–Crippen MR) is 93.8 cm³/mol. The van der Waals surface area contributed by atoms with E-state index in [1.165, 1.54) is 25.0 Å². The van der Waals surface area contributed by atoms with Crippen LogP contribution >= 0.6 is 12.4 Å². The average Bonchev–Trinajstić information content (AvgIpc) is 3.10. The number of nitrogens with zero attached hydrogens (tertiary/aromatic N) is 3. The number of rotatable bonds is 6. The summed E-state index contributed by atoms with van der Waals surface area (Å²) in [5.41, 5.74) is 1.53. The summed E-state index contributed by atoms with van der Waals surface area (Å²) in [6.07, 6.45) is 5.27. The van der Waals surface area contributed by atoms with Gasteiger partial charge in [-0.1, -0.05) is 12.1 Å². The van der Waals surface area contributed by atoms with Crippen LogP contribution in [0, 0.1) is 5.82 Å². The first kappa shape index (κ1) is 18.6. The molecular weight excluding hydrogens is 331 g/mol. The van der Waals surface area contributed by atoms with Gasteiger partial charge in [0.25, 0.3) is 0 Å². The van der Waals surface area contributed by atoms with E-state index in [1.807, 2.05) is 12.4 Å². The number of halogens is 2. The summed E-state index contributed by atoms with van der Waals surface area (Å²) in [4.78, 5) is 11.0. The summed E-state index contributed by atoms with van der Waals surface area (Å²) in [6, 6.07) is 6.02. The van der Waals surface area contributed by atoms with E-state index in [1.54, 1.807) is 12.1 Å². The van der Waals surface area contributed by atoms with E-state index in [-0.39, 0.29) is 18.2 Å². The Bertz CT molecular complexity index is 635. The van der Waals surface area contributed by atoms with Crippen molar-refractivity contribution in [1.82, 2.24) is 15.3 Å². The van der Waals surface area contributed by atoms with Gasteiger partial charge in [0.2, 0.25) is 5.95 Å². The van der Waals surface area contributed by atoms with Crippen molar-refractivity contribution >= 4 is 18.4 Å². The van der Waals surface area contributed by atoms with Gasteiger partial charge in [-0.2, -0.15) is 0 Å². The van der Waals surface area contributed by atoms with Crippen LogP contribution in [0.1, 0.15) is 30.1 Å². The Hall–Kier alpha value is -1.76. The Morgan fingerprint density at radius 3 is 2.58 bits per heavy atom. The second-order valence-electron chi connectivity index (χ2n) is 5.79. The van der Waals surface area contributed by atoms with Gasteiger partial charge in [0.1, 0.15) is 5.82 Å². The van der Waals surface area contributed by atoms with Crippen LogP contribution in [0.15, 0.2) is 36.7 Å². The molecule has 1 aromatic carbocycles. The molecule has 0 radical (unpaired) electrons. The van der Waals surface area contributed by atoms with Gasteiger partial charge in [-0.05, 0) is 30.5 Å². The van der Waals surface area contributed by atoms with Crippen LogP contribution in [0.25, 0.3) is 0 Å². The van der Waals surface area contributed by atoms with Gasteiger partial charge in [0.05, 0.1) is 6.10 Å². The van der Waals surface area contributed by atoms with Crippen molar-refractivity contribution in [3.8, 4) is 0 Å². The van der Waals surface area contributed by atoms with Crippen LogP contribution in [0.5, 0.6) is 0 Å². The maximum atomic E-state index is 13.1. The molecule has 130 valence electrons. The van der Waals surface area contributed by atoms with Gasteiger partial charge < -0.3 is 15.3 Å². The molecule has 5 nitrogen and oxygen atoms in total. The van der Waals surface area contributed by atoms with Crippen molar-refractivity contribution in [3.63, 3.8) is 0 Å². The van der Waals surface area contributed by atoms with Crippen LogP contribution in [-0.2, 0) is 6.54 Å². The van der Waals surface area contributed by atoms with Crippen molar-refractivity contribution < 1.29 is 9.50 Å². The third-order valence-electron chi connectivity index (χ3n) is 3.98. The summed E-state index contributed by atoms with van der Waals surface area (Å²) >= 11 is 0. The fourth-order valence-corrected chi connectivity index (χ4v) is 2.70. The molecule has 1 aromatic heterocycles. The van der Waals surface area contributed by atoms with Crippen LogP contribution in [0.4, 0.5) is 10.3 Å². The zero-order valence-electron chi connectivity index (χ0n) is 13.4. The third kappa shape index (κ3) is 4.87. The molecule has 24 heavy (non-hydrogen) atoms. The van der Waals surface area contributed by atoms with Crippen LogP contribution in [0.2, 0.25) is 0 Å². The molecule has 7 heteroatoms. The summed E-state index contributed by atoms with van der Waals surface area (Å²) < 4.78 is 13.1. The molecular formula is C17H22ClFN4O. The standard InChI is InChI=1S/C17H21FN4O.ClH/c18-15-5-3-4-14(8-15)16(23)12-19-9-13-10-20-17(21-11-13)22-6-1-2-7-22;/h3-5,8,10-11,16,19,23H,1-2,6-7,9,12H2;1H. The first-order valence-electron chi connectivity index (χ1n) is 7.92. The molecule has 1 saturated heterocycles. The zero-order valence-corrected chi connectivity index (χ0v) is 14.2. The molecule has 3 rings (SSSR count). The van der Waals surface area contributed by atoms with Crippen LogP contribution < -0.4 is 10.2 Å². The zero-order chi connectivity index (χ0) is 16.1. The minimum absolute atomic E-state index is 0. The number of hydrogen-bond acceptors (Lipinski definition) is 5. The maximum absolute atomic E-state index is 13.1. The maximum Gasteiger partial charge on any atom is 0.225 e. The molecule has 0 spiro atoms. The van der Waals surface area contributed by atoms with Crippen molar-refractivity contribution in [2.75, 3.05) is 24.5 Å². The van der Waals surface area contributed by atoms with Crippen LogP contribution in [0.3, 0.4) is 0 Å². The number of hydrogen-bond donors (Lipinski definition) is 2. The van der Waals surface area contributed by atoms with E-state index >= 15 is 0 Å². The molecule has 1 aliphatic heterocycles. The molecule has 0 saturated carbocycles. The quantitative estimate of drug-likeness (QED) is 0.836. The number of nitrogens with one attached hydrogen (secondary N) is 1. The van der Waals surface area contributed by atoms with Gasteiger partial charge in [0, 0.05) is 44.1 Å². The van der Waals surface area contributed by atoms with E-state index in [4.69, 9.17) is 0 Å². The summed E-state index contributed by atoms with van der Waals surface area (Å²) in [5, 5.41) is 13.2. The van der Waals surface area contributed by atoms with E-state index in [2.05, 4.69) is 20.2 Å². The lowest BCUT2D eigenvalue weighted by Gasteiger charge is -2.15. The minimum Gasteiger partial charge on any atom is -0.387 e. The number of benzene rings is 1. The summed E-state index contributed by atoms with van der Waals surface area (Å²) in [7, 11) is 0. The highest BCUT2D eigenvalue weighted by atomic mass is 35.5. The summed E-state index contributed by atoms with van der Waals surface area (Å²) in [5.74, 6) is 0.443. The lowest BCUT2D eigenvalue weighted by Crippen LogP contribution is -2.22. The highest BCUT2D eigenvalue weighted by Gasteiger charge is 2.14. The molecule has 0 amide bonds. The molecule has 0 bridgehead atoms. The van der Waals surface area contributed by atoms with Crippen molar-refractivity contribution in [3.05, 3.63) is 53.6 Å². The third-order valence-corrected chi connectivity index (χ3v) is 3.98. The largest absolute Gasteiger partial charge is 0.387 e. The van der Waals surface area contributed by atoms with Crippen molar-refractivity contribution in [2.24, 2.45) is 0 Å². The van der Waals surface area contributed by atoms with E-state index in [9.17, 15) is 9.50 Å². The second kappa shape index (κ2) is 8.92. The Morgan fingerprint density at radius 2 is 1.92 bits per heavy atom. The Kier molecular flexibility index (Phi) is 6.90. The van der Waals surface area contributed by atoms with Gasteiger partial charge in [-0.25, -0.2) is 14.4 Å². The minimum atomic E-state index is -0.740. The predicted octanol–water partition coefficient (Wildman–Crippen LogP) is 2.46. The fraction of sp³-hybridized carbons (Fsp3) is 0.412. The second-order valence-corrected chi connectivity index (χ2v) is 5.79. The molecule has 1 fully saturated rings. The van der Waals surface area contributed by atoms with Crippen LogP contribution in [-0.4, -0.2) is 34.7 Å². The van der Waals surface area contributed by atoms with Crippen molar-refractivity contribution in [2.45, 2.75) is 25.5 Å². The van der Waals surface area contributed by atoms with E-state index < -0.39 is 6.10 Å². The van der Waals surface area contributed by atoms with E-state index in [0.717, 1.165) is 24.6 Å². The Morgan fingerprint density at radius 1 is 1.21 bits per heavy atom. The first-order valence-corrected chi connectivity index (χ1v) is 7.92. The SMILES string of the molecule is Cl.OC(CNCc1cnc(N2CCCC2)nc1)c1cccc(F)c1. The smallest absolute Gasteiger partial charge is 0.225 e. The van der Waals surface area contributed by atoms with Crippen molar-refractivity contribution in [1.29, 1.82) is 0 Å². The molecule has 2 N–H and O–H groups in total. The molecule has 1 aliphatic rings. The lowest BCUT2D eigenvalue weighted by molar-refractivity contribution is 0.174. The highest BCUT2D eigenvalue weighted by molar-refractivity contribution is 5.85. The fourth-order valence-electron chi connectivity index (χ4n) is 2.70. The number of aliphatic hydroxyl groups excluding tert-OH is 1. The lowest BCUT2D eigenvalue weighted by atomic mass is 10.1. The number of aromatic nitrogens is 2. The normalized spacial score (nSPS) is 15.2. The summed E-state index contributed by atoms with van der Waals surface area (Å²) in [6.45, 7) is 2.96. The molecule has 1 atom stereocenters. The molecule has 1 unspecified atom stereocenters. The Labute approximate surface area is 147 Å². The van der Waals surface area contributed by atoms with Gasteiger partial charge in [-0.15, -0.1) is 12.4 Å². The molecule has 2 aromatic rings. The van der Waals surface area contributed by atoms with Gasteiger partial charge in [0.15, 0.2) is 0 Å². The molecule has 2 heterocycles. The average molecular weight is 353 g/mol. The molecule has 0 aliphatic carbocycles. The highest BCUT2D eigenvalue weighted by Crippen LogP contribution is 2.15.